The van der Waals surface area contributed by atoms with Crippen LogP contribution in [0.15, 0.2) is 18.2 Å². The maximum Gasteiger partial charge on any atom is 0.246 e. The lowest BCUT2D eigenvalue weighted by atomic mass is 10.1. The molecule has 20 heavy (non-hydrogen) atoms. The summed E-state index contributed by atoms with van der Waals surface area (Å²) in [5.74, 6) is 0.0221. The van der Waals surface area contributed by atoms with E-state index in [9.17, 15) is 4.79 Å². The third-order valence-corrected chi connectivity index (χ3v) is 5.39. The van der Waals surface area contributed by atoms with E-state index < -0.39 is 0 Å². The molecule has 0 fully saturated rings. The second-order valence-corrected chi connectivity index (χ2v) is 6.95. The van der Waals surface area contributed by atoms with Crippen molar-refractivity contribution >= 4 is 33.2 Å². The van der Waals surface area contributed by atoms with Crippen LogP contribution in [0.3, 0.4) is 0 Å². The highest BCUT2D eigenvalue weighted by atomic mass is 79.9. The topological polar surface area (TPSA) is 47.3 Å². The van der Waals surface area contributed by atoms with Gasteiger partial charge in [-0.25, -0.2) is 0 Å². The van der Waals surface area contributed by atoms with Gasteiger partial charge in [-0.15, -0.1) is 11.3 Å². The fraction of sp³-hybridized carbons (Fsp3) is 0.429. The molecule has 1 aliphatic heterocycles. The smallest absolute Gasteiger partial charge is 0.246 e. The van der Waals surface area contributed by atoms with Gasteiger partial charge in [0.25, 0.3) is 0 Å². The zero-order valence-electron chi connectivity index (χ0n) is 11.5. The van der Waals surface area contributed by atoms with Crippen molar-refractivity contribution in [3.05, 3.63) is 33.5 Å². The summed E-state index contributed by atoms with van der Waals surface area (Å²) >= 11 is 4.96. The van der Waals surface area contributed by atoms with E-state index in [2.05, 4.69) is 22.0 Å². The number of alkyl halides is 1. The van der Waals surface area contributed by atoms with Crippen LogP contribution in [0.5, 0.6) is 0 Å². The number of thiophene rings is 1. The van der Waals surface area contributed by atoms with E-state index in [0.29, 0.717) is 13.1 Å². The predicted molar refractivity (Wildman–Crippen MR) is 83.7 cm³/mol. The summed E-state index contributed by atoms with van der Waals surface area (Å²) in [6, 6.07) is 4.11. The normalized spacial score (nSPS) is 16.2. The van der Waals surface area contributed by atoms with Crippen LogP contribution < -0.4 is 0 Å². The molecule has 0 saturated carbocycles. The molecule has 0 spiro atoms. The zero-order valence-corrected chi connectivity index (χ0v) is 13.9. The molecule has 2 rings (SSSR count). The Morgan fingerprint density at radius 1 is 1.65 bits per heavy atom. The summed E-state index contributed by atoms with van der Waals surface area (Å²) in [7, 11) is 3.88. The molecule has 4 nitrogen and oxygen atoms in total. The van der Waals surface area contributed by atoms with Crippen LogP contribution in [0.1, 0.15) is 15.3 Å². The Balaban J connectivity index is 2.02. The van der Waals surface area contributed by atoms with Gasteiger partial charge in [0, 0.05) is 17.5 Å². The fourth-order valence-electron chi connectivity index (χ4n) is 2.00. The average Bonchev–Trinajstić information content (AvgIpc) is 2.86. The van der Waals surface area contributed by atoms with Crippen LogP contribution in [-0.2, 0) is 17.8 Å². The van der Waals surface area contributed by atoms with Crippen LogP contribution in [0, 0.1) is 11.3 Å². The highest BCUT2D eigenvalue weighted by Crippen LogP contribution is 2.27. The van der Waals surface area contributed by atoms with Gasteiger partial charge in [-0.3, -0.25) is 9.69 Å². The van der Waals surface area contributed by atoms with Gasteiger partial charge in [-0.1, -0.05) is 22.0 Å². The highest BCUT2D eigenvalue weighted by molar-refractivity contribution is 9.09. The van der Waals surface area contributed by atoms with Crippen LogP contribution in [0.4, 0.5) is 0 Å². The molecule has 6 heteroatoms. The van der Waals surface area contributed by atoms with Crippen LogP contribution in [-0.4, -0.2) is 41.3 Å². The first-order valence-corrected chi connectivity index (χ1v) is 8.03. The quantitative estimate of drug-likeness (QED) is 0.476. The lowest BCUT2D eigenvalue weighted by Gasteiger charge is -2.26. The summed E-state index contributed by atoms with van der Waals surface area (Å²) in [5, 5.41) is 8.92. The Morgan fingerprint density at radius 2 is 2.40 bits per heavy atom. The van der Waals surface area contributed by atoms with E-state index in [1.54, 1.807) is 6.08 Å². The van der Waals surface area contributed by atoms with Gasteiger partial charge in [-0.05, 0) is 32.1 Å². The molecule has 0 aliphatic carbocycles. The Bertz CT molecular complexity index is 573. The Kier molecular flexibility index (Phi) is 4.97. The molecule has 0 saturated heterocycles. The number of hydrogen-bond donors (Lipinski definition) is 0. The average molecular weight is 354 g/mol. The first-order chi connectivity index (χ1) is 9.51. The molecule has 0 radical (unpaired) electrons. The summed E-state index contributed by atoms with van der Waals surface area (Å²) in [4.78, 5) is 17.9. The van der Waals surface area contributed by atoms with Crippen molar-refractivity contribution in [2.45, 2.75) is 17.9 Å². The third kappa shape index (κ3) is 3.48. The lowest BCUT2D eigenvalue weighted by Crippen LogP contribution is -2.34. The monoisotopic (exact) mass is 353 g/mol. The minimum atomic E-state index is 0.0221. The number of fused-ring (bicyclic) bond motifs is 1. The number of hydrogen-bond acceptors (Lipinski definition) is 4. The number of halogens is 1. The molecule has 1 aromatic heterocycles. The van der Waals surface area contributed by atoms with E-state index in [-0.39, 0.29) is 10.9 Å². The second-order valence-electron chi connectivity index (χ2n) is 4.88. The number of rotatable bonds is 3. The van der Waals surface area contributed by atoms with Gasteiger partial charge in [0.15, 0.2) is 0 Å². The van der Waals surface area contributed by atoms with Crippen molar-refractivity contribution in [3.8, 4) is 6.07 Å². The maximum atomic E-state index is 12.2. The second kappa shape index (κ2) is 6.53. The first kappa shape index (κ1) is 15.2. The molecule has 0 N–H and O–H groups in total. The zero-order chi connectivity index (χ0) is 14.7. The summed E-state index contributed by atoms with van der Waals surface area (Å²) in [6.07, 6.45) is 4.29. The van der Waals surface area contributed by atoms with Crippen LogP contribution in [0.2, 0.25) is 0 Å². The SMILES string of the molecule is CN(C)C(Br)/C=C/C(=O)N1CCc2cc(C#N)sc2C1. The Hall–Kier alpha value is -1.16. The molecule has 1 amide bonds. The number of nitriles is 1. The van der Waals surface area contributed by atoms with E-state index in [1.165, 1.54) is 16.9 Å². The van der Waals surface area contributed by atoms with Gasteiger partial charge >= 0.3 is 0 Å². The fourth-order valence-corrected chi connectivity index (χ4v) is 3.18. The third-order valence-electron chi connectivity index (χ3n) is 3.19. The summed E-state index contributed by atoms with van der Waals surface area (Å²) in [6.45, 7) is 1.33. The minimum Gasteiger partial charge on any atom is -0.334 e. The largest absolute Gasteiger partial charge is 0.334 e. The molecular weight excluding hydrogens is 338 g/mol. The van der Waals surface area contributed by atoms with Crippen molar-refractivity contribution in [1.29, 1.82) is 5.26 Å². The number of carbonyl (C=O) groups is 1. The van der Waals surface area contributed by atoms with Crippen molar-refractivity contribution in [3.63, 3.8) is 0 Å². The number of amides is 1. The summed E-state index contributed by atoms with van der Waals surface area (Å²) < 4.78 is 0. The molecule has 1 atom stereocenters. The molecule has 106 valence electrons. The number of likely N-dealkylation sites (N-methyl/N-ethyl adjacent to an activating group) is 1. The van der Waals surface area contributed by atoms with E-state index >= 15 is 0 Å². The van der Waals surface area contributed by atoms with Crippen molar-refractivity contribution in [2.24, 2.45) is 0 Å². The van der Waals surface area contributed by atoms with Gasteiger partial charge < -0.3 is 4.90 Å². The van der Waals surface area contributed by atoms with Gasteiger partial charge in [0.05, 0.1) is 11.5 Å². The van der Waals surface area contributed by atoms with E-state index in [0.717, 1.165) is 16.2 Å². The van der Waals surface area contributed by atoms with Gasteiger partial charge in [0.2, 0.25) is 5.91 Å². The van der Waals surface area contributed by atoms with Gasteiger partial charge in [-0.2, -0.15) is 5.26 Å². The minimum absolute atomic E-state index is 0.0221. The maximum absolute atomic E-state index is 12.2. The Morgan fingerprint density at radius 3 is 3.05 bits per heavy atom. The highest BCUT2D eigenvalue weighted by Gasteiger charge is 2.21. The van der Waals surface area contributed by atoms with Crippen LogP contribution >= 0.6 is 27.3 Å². The molecule has 0 bridgehead atoms. The van der Waals surface area contributed by atoms with Crippen LogP contribution in [0.25, 0.3) is 0 Å². The standard InChI is InChI=1S/C14H16BrN3OS/c1-17(2)13(15)3-4-14(19)18-6-5-10-7-11(8-16)20-12(10)9-18/h3-4,7,13H,5-6,9H2,1-2H3/b4-3+. The lowest BCUT2D eigenvalue weighted by molar-refractivity contribution is -0.126. The van der Waals surface area contributed by atoms with E-state index in [4.69, 9.17) is 5.26 Å². The number of nitrogens with zero attached hydrogens (tertiary/aromatic N) is 3. The first-order valence-electron chi connectivity index (χ1n) is 6.30. The molecule has 2 heterocycles. The van der Waals surface area contributed by atoms with Crippen molar-refractivity contribution in [1.82, 2.24) is 9.80 Å². The number of carbonyl (C=O) groups excluding carboxylic acids is 1. The molecule has 0 aromatic carbocycles. The van der Waals surface area contributed by atoms with Gasteiger partial charge in [0.1, 0.15) is 10.9 Å². The molecular formula is C14H16BrN3OS. The molecule has 1 aromatic rings. The molecule has 1 aliphatic rings. The van der Waals surface area contributed by atoms with E-state index in [1.807, 2.05) is 36.0 Å². The Labute approximate surface area is 131 Å². The molecule has 1 unspecified atom stereocenters. The predicted octanol–water partition coefficient (Wildman–Crippen LogP) is 2.34. The van der Waals surface area contributed by atoms with Crippen molar-refractivity contribution in [2.75, 3.05) is 20.6 Å². The summed E-state index contributed by atoms with van der Waals surface area (Å²) in [5.41, 5.74) is 1.21. The van der Waals surface area contributed by atoms with Crippen molar-refractivity contribution < 1.29 is 4.79 Å².